The van der Waals surface area contributed by atoms with Gasteiger partial charge in [-0.05, 0) is 24.5 Å². The average Bonchev–Trinajstić information content (AvgIpc) is 2.50. The van der Waals surface area contributed by atoms with Gasteiger partial charge < -0.3 is 10.4 Å². The number of hydrogen-bond donors (Lipinski definition) is 2. The summed E-state index contributed by atoms with van der Waals surface area (Å²) in [4.78, 5) is 12.8. The lowest BCUT2D eigenvalue weighted by molar-refractivity contribution is -0.386. The lowest BCUT2D eigenvalue weighted by Crippen LogP contribution is -2.45. The van der Waals surface area contributed by atoms with Gasteiger partial charge in [0.05, 0.1) is 4.92 Å². The molecular weight excluding hydrogens is 341 g/mol. The highest BCUT2D eigenvalue weighted by atomic mass is 35.5. The highest BCUT2D eigenvalue weighted by Gasteiger charge is 2.24. The molecular formula is C15H23Cl2N3O3. The number of halogens is 2. The van der Waals surface area contributed by atoms with Crippen molar-refractivity contribution < 1.29 is 10.0 Å². The van der Waals surface area contributed by atoms with E-state index in [2.05, 4.69) is 16.8 Å². The zero-order chi connectivity index (χ0) is 15.2. The van der Waals surface area contributed by atoms with E-state index >= 15 is 0 Å². The molecule has 0 aliphatic carbocycles. The van der Waals surface area contributed by atoms with Gasteiger partial charge in [-0.15, -0.1) is 31.4 Å². The number of benzene rings is 1. The monoisotopic (exact) mass is 363 g/mol. The lowest BCUT2D eigenvalue weighted by Gasteiger charge is -2.35. The first-order valence-corrected chi connectivity index (χ1v) is 7.16. The summed E-state index contributed by atoms with van der Waals surface area (Å²) >= 11 is 0. The van der Waals surface area contributed by atoms with Gasteiger partial charge in [0.2, 0.25) is 0 Å². The summed E-state index contributed by atoms with van der Waals surface area (Å²) in [5.74, 6) is -0.286. The first-order valence-electron chi connectivity index (χ1n) is 7.16. The van der Waals surface area contributed by atoms with E-state index in [9.17, 15) is 15.2 Å². The number of allylic oxidation sites excluding steroid dienone is 1. The molecule has 1 atom stereocenters. The SMILES string of the molecule is C=CCC[C@@H](c1ccc(O)c([N+](=O)[O-])c1)N1CCNCC1.Cl.Cl. The summed E-state index contributed by atoms with van der Waals surface area (Å²) in [5, 5.41) is 23.9. The minimum absolute atomic E-state index is 0. The van der Waals surface area contributed by atoms with Crippen LogP contribution in [0.5, 0.6) is 5.75 Å². The van der Waals surface area contributed by atoms with Gasteiger partial charge in [0.1, 0.15) is 0 Å². The van der Waals surface area contributed by atoms with Crippen LogP contribution in [0.25, 0.3) is 0 Å². The molecule has 23 heavy (non-hydrogen) atoms. The Bertz CT molecular complexity index is 523. The molecule has 1 aliphatic heterocycles. The van der Waals surface area contributed by atoms with Crippen LogP contribution in [0.15, 0.2) is 30.9 Å². The molecule has 0 amide bonds. The van der Waals surface area contributed by atoms with Crippen molar-refractivity contribution in [3.8, 4) is 5.75 Å². The van der Waals surface area contributed by atoms with Crippen LogP contribution >= 0.6 is 24.8 Å². The van der Waals surface area contributed by atoms with Gasteiger partial charge in [-0.25, -0.2) is 0 Å². The van der Waals surface area contributed by atoms with E-state index < -0.39 is 4.92 Å². The van der Waals surface area contributed by atoms with Crippen molar-refractivity contribution in [2.24, 2.45) is 0 Å². The van der Waals surface area contributed by atoms with Crippen LogP contribution in [0.4, 0.5) is 5.69 Å². The Morgan fingerprint density at radius 2 is 2.04 bits per heavy atom. The molecule has 1 aliphatic rings. The number of hydrogen-bond acceptors (Lipinski definition) is 5. The van der Waals surface area contributed by atoms with Crippen molar-refractivity contribution in [2.75, 3.05) is 26.2 Å². The van der Waals surface area contributed by atoms with E-state index in [1.807, 2.05) is 6.08 Å². The number of rotatable bonds is 6. The van der Waals surface area contributed by atoms with Crippen LogP contribution in [-0.2, 0) is 0 Å². The summed E-state index contributed by atoms with van der Waals surface area (Å²) in [6, 6.07) is 4.80. The Labute approximate surface area is 148 Å². The van der Waals surface area contributed by atoms with Crippen LogP contribution in [0.1, 0.15) is 24.4 Å². The lowest BCUT2D eigenvalue weighted by atomic mass is 9.98. The van der Waals surface area contributed by atoms with Gasteiger partial charge in [0, 0.05) is 38.3 Å². The molecule has 2 N–H and O–H groups in total. The van der Waals surface area contributed by atoms with Crippen molar-refractivity contribution in [1.29, 1.82) is 0 Å². The standard InChI is InChI=1S/C15H21N3O3.2ClH/c1-2-3-4-13(17-9-7-16-8-10-17)12-5-6-15(19)14(11-12)18(20)21;;/h2,5-6,11,13,16,19H,1,3-4,7-10H2;2*1H/t13-;;/m0../s1. The number of phenolic OH excluding ortho intramolecular Hbond substituents is 1. The summed E-state index contributed by atoms with van der Waals surface area (Å²) in [7, 11) is 0. The maximum atomic E-state index is 11.0. The zero-order valence-electron chi connectivity index (χ0n) is 12.8. The van der Waals surface area contributed by atoms with Crippen LogP contribution in [0, 0.1) is 10.1 Å². The Hall–Kier alpha value is -1.34. The molecule has 0 saturated carbocycles. The van der Waals surface area contributed by atoms with Gasteiger partial charge >= 0.3 is 5.69 Å². The number of piperazine rings is 1. The molecule has 1 aromatic rings. The molecule has 6 nitrogen and oxygen atoms in total. The van der Waals surface area contributed by atoms with E-state index in [0.717, 1.165) is 44.6 Å². The van der Waals surface area contributed by atoms with E-state index in [-0.39, 0.29) is 42.3 Å². The number of phenols is 1. The third kappa shape index (κ3) is 5.66. The number of nitro benzene ring substituents is 1. The normalized spacial score (nSPS) is 15.8. The summed E-state index contributed by atoms with van der Waals surface area (Å²) < 4.78 is 0. The Balaban J connectivity index is 0.00000242. The van der Waals surface area contributed by atoms with E-state index in [1.54, 1.807) is 6.07 Å². The second-order valence-corrected chi connectivity index (χ2v) is 5.17. The second kappa shape index (κ2) is 10.4. The fourth-order valence-electron chi connectivity index (χ4n) is 2.72. The molecule has 0 bridgehead atoms. The molecule has 0 radical (unpaired) electrons. The number of nitro groups is 1. The maximum Gasteiger partial charge on any atom is 0.311 e. The molecule has 8 heteroatoms. The highest BCUT2D eigenvalue weighted by molar-refractivity contribution is 5.85. The van der Waals surface area contributed by atoms with E-state index in [0.29, 0.717) is 0 Å². The molecule has 0 unspecified atom stereocenters. The van der Waals surface area contributed by atoms with Gasteiger partial charge in [-0.1, -0.05) is 12.1 Å². The molecule has 0 spiro atoms. The van der Waals surface area contributed by atoms with E-state index in [4.69, 9.17) is 0 Å². The molecule has 130 valence electrons. The summed E-state index contributed by atoms with van der Waals surface area (Å²) in [6.07, 6.45) is 3.58. The fourth-order valence-corrected chi connectivity index (χ4v) is 2.72. The van der Waals surface area contributed by atoms with Gasteiger partial charge in [0.15, 0.2) is 5.75 Å². The molecule has 1 aromatic carbocycles. The summed E-state index contributed by atoms with van der Waals surface area (Å²) in [6.45, 7) is 7.42. The van der Waals surface area contributed by atoms with Gasteiger partial charge in [-0.2, -0.15) is 0 Å². The number of aromatic hydroxyl groups is 1. The predicted molar refractivity (Wildman–Crippen MR) is 95.9 cm³/mol. The molecule has 1 fully saturated rings. The fraction of sp³-hybridized carbons (Fsp3) is 0.467. The number of nitrogens with one attached hydrogen (secondary N) is 1. The first kappa shape index (κ1) is 21.7. The maximum absolute atomic E-state index is 11.0. The van der Waals surface area contributed by atoms with Gasteiger partial charge in [0.25, 0.3) is 0 Å². The minimum atomic E-state index is -0.541. The van der Waals surface area contributed by atoms with Crippen LogP contribution in [-0.4, -0.2) is 41.1 Å². The molecule has 0 aromatic heterocycles. The van der Waals surface area contributed by atoms with Crippen LogP contribution in [0.3, 0.4) is 0 Å². The smallest absolute Gasteiger partial charge is 0.311 e. The van der Waals surface area contributed by atoms with Crippen molar-refractivity contribution >= 4 is 30.5 Å². The zero-order valence-corrected chi connectivity index (χ0v) is 14.4. The van der Waals surface area contributed by atoms with Gasteiger partial charge in [-0.3, -0.25) is 15.0 Å². The van der Waals surface area contributed by atoms with E-state index in [1.165, 1.54) is 12.1 Å². The minimum Gasteiger partial charge on any atom is -0.502 e. The van der Waals surface area contributed by atoms with Crippen molar-refractivity contribution in [2.45, 2.75) is 18.9 Å². The number of nitrogens with zero attached hydrogens (tertiary/aromatic N) is 2. The Morgan fingerprint density at radius 3 is 2.61 bits per heavy atom. The predicted octanol–water partition coefficient (Wildman–Crippen LogP) is 3.06. The molecule has 1 saturated heterocycles. The Kier molecular flexibility index (Phi) is 9.83. The second-order valence-electron chi connectivity index (χ2n) is 5.17. The van der Waals surface area contributed by atoms with Crippen LogP contribution in [0.2, 0.25) is 0 Å². The third-order valence-corrected chi connectivity index (χ3v) is 3.82. The largest absolute Gasteiger partial charge is 0.502 e. The van der Waals surface area contributed by atoms with Crippen molar-refractivity contribution in [1.82, 2.24) is 10.2 Å². The van der Waals surface area contributed by atoms with Crippen molar-refractivity contribution in [3.05, 3.63) is 46.5 Å². The third-order valence-electron chi connectivity index (χ3n) is 3.82. The molecule has 1 heterocycles. The molecule has 2 rings (SSSR count). The van der Waals surface area contributed by atoms with Crippen LogP contribution < -0.4 is 5.32 Å². The Morgan fingerprint density at radius 1 is 1.39 bits per heavy atom. The summed E-state index contributed by atoms with van der Waals surface area (Å²) in [5.41, 5.74) is 0.648. The first-order chi connectivity index (χ1) is 10.1. The quantitative estimate of drug-likeness (QED) is 0.461. The average molecular weight is 364 g/mol. The van der Waals surface area contributed by atoms with Crippen molar-refractivity contribution in [3.63, 3.8) is 0 Å². The topological polar surface area (TPSA) is 78.6 Å². The highest BCUT2D eigenvalue weighted by Crippen LogP contribution is 2.33.